The number of hydrogen-bond acceptors (Lipinski definition) is 3. The Labute approximate surface area is 84.8 Å². The summed E-state index contributed by atoms with van der Waals surface area (Å²) in [5.41, 5.74) is 0.112. The molecular formula is C10H18N2O2. The van der Waals surface area contributed by atoms with E-state index in [1.165, 1.54) is 6.08 Å². The average molecular weight is 198 g/mol. The van der Waals surface area contributed by atoms with E-state index in [0.717, 1.165) is 19.6 Å². The van der Waals surface area contributed by atoms with Crippen molar-refractivity contribution < 1.29 is 9.90 Å². The SMILES string of the molecule is CN1CCN(C=CC(=O)O)CC1(C)C. The Morgan fingerprint density at radius 2 is 2.07 bits per heavy atom. The number of aliphatic carboxylic acids is 1. The molecule has 14 heavy (non-hydrogen) atoms. The molecule has 0 atom stereocenters. The molecule has 0 amide bonds. The summed E-state index contributed by atoms with van der Waals surface area (Å²) in [6.07, 6.45) is 2.86. The van der Waals surface area contributed by atoms with E-state index in [-0.39, 0.29) is 5.54 Å². The monoisotopic (exact) mass is 198 g/mol. The van der Waals surface area contributed by atoms with Gasteiger partial charge in [0.2, 0.25) is 0 Å². The Hall–Kier alpha value is -1.03. The number of nitrogens with zero attached hydrogens (tertiary/aromatic N) is 2. The second-order valence-electron chi connectivity index (χ2n) is 4.36. The van der Waals surface area contributed by atoms with Crippen molar-refractivity contribution in [3.63, 3.8) is 0 Å². The standard InChI is InChI=1S/C10H18N2O2/c1-10(2)8-12(5-4-9(13)14)7-6-11(10)3/h4-5H,6-8H2,1-3H3,(H,13,14). The first-order valence-corrected chi connectivity index (χ1v) is 4.78. The molecule has 1 fully saturated rings. The zero-order valence-electron chi connectivity index (χ0n) is 9.03. The van der Waals surface area contributed by atoms with Crippen LogP contribution >= 0.6 is 0 Å². The van der Waals surface area contributed by atoms with Gasteiger partial charge in [0.25, 0.3) is 0 Å². The molecule has 1 heterocycles. The van der Waals surface area contributed by atoms with E-state index in [4.69, 9.17) is 5.11 Å². The molecule has 1 aliphatic rings. The number of likely N-dealkylation sites (N-methyl/N-ethyl adjacent to an activating group) is 1. The molecule has 0 spiro atoms. The molecule has 1 rings (SSSR count). The Kier molecular flexibility index (Phi) is 3.16. The molecule has 1 saturated heterocycles. The summed E-state index contributed by atoms with van der Waals surface area (Å²) < 4.78 is 0. The van der Waals surface area contributed by atoms with E-state index in [2.05, 4.69) is 25.8 Å². The van der Waals surface area contributed by atoms with Crippen molar-refractivity contribution in [1.29, 1.82) is 0 Å². The molecule has 0 aromatic rings. The summed E-state index contributed by atoms with van der Waals surface area (Å²) in [6.45, 7) is 7.05. The molecule has 80 valence electrons. The number of carbonyl (C=O) groups is 1. The summed E-state index contributed by atoms with van der Waals surface area (Å²) in [5.74, 6) is -0.887. The van der Waals surface area contributed by atoms with E-state index < -0.39 is 5.97 Å². The van der Waals surface area contributed by atoms with E-state index in [9.17, 15) is 4.79 Å². The minimum absolute atomic E-state index is 0.112. The van der Waals surface area contributed by atoms with Gasteiger partial charge in [-0.1, -0.05) is 0 Å². The van der Waals surface area contributed by atoms with Crippen molar-refractivity contribution in [2.75, 3.05) is 26.7 Å². The highest BCUT2D eigenvalue weighted by atomic mass is 16.4. The van der Waals surface area contributed by atoms with Crippen molar-refractivity contribution in [2.45, 2.75) is 19.4 Å². The largest absolute Gasteiger partial charge is 0.478 e. The Morgan fingerprint density at radius 1 is 1.43 bits per heavy atom. The first-order chi connectivity index (χ1) is 6.42. The Balaban J connectivity index is 2.56. The van der Waals surface area contributed by atoms with E-state index in [1.54, 1.807) is 6.20 Å². The van der Waals surface area contributed by atoms with Crippen LogP contribution in [0.5, 0.6) is 0 Å². The molecule has 0 unspecified atom stereocenters. The molecule has 4 heteroatoms. The first kappa shape index (κ1) is 11.0. The van der Waals surface area contributed by atoms with Crippen molar-refractivity contribution in [2.24, 2.45) is 0 Å². The molecule has 0 aromatic carbocycles. The van der Waals surface area contributed by atoms with Crippen LogP contribution in [0, 0.1) is 0 Å². The van der Waals surface area contributed by atoms with Crippen LogP contribution in [0.3, 0.4) is 0 Å². The molecule has 4 nitrogen and oxygen atoms in total. The number of hydrogen-bond donors (Lipinski definition) is 1. The van der Waals surface area contributed by atoms with Crippen molar-refractivity contribution in [3.05, 3.63) is 12.3 Å². The van der Waals surface area contributed by atoms with Crippen molar-refractivity contribution >= 4 is 5.97 Å². The topological polar surface area (TPSA) is 43.8 Å². The van der Waals surface area contributed by atoms with E-state index in [1.807, 2.05) is 4.90 Å². The minimum Gasteiger partial charge on any atom is -0.478 e. The lowest BCUT2D eigenvalue weighted by atomic mass is 10.0. The molecule has 0 aliphatic carbocycles. The molecule has 0 saturated carbocycles. The summed E-state index contributed by atoms with van der Waals surface area (Å²) in [7, 11) is 2.10. The van der Waals surface area contributed by atoms with Gasteiger partial charge in [-0.15, -0.1) is 0 Å². The summed E-state index contributed by atoms with van der Waals surface area (Å²) in [6, 6.07) is 0. The van der Waals surface area contributed by atoms with Gasteiger partial charge in [0, 0.05) is 37.4 Å². The third kappa shape index (κ3) is 2.73. The van der Waals surface area contributed by atoms with E-state index in [0.29, 0.717) is 0 Å². The van der Waals surface area contributed by atoms with Gasteiger partial charge in [-0.25, -0.2) is 4.79 Å². The zero-order valence-corrected chi connectivity index (χ0v) is 9.03. The van der Waals surface area contributed by atoms with Crippen LogP contribution < -0.4 is 0 Å². The van der Waals surface area contributed by atoms with Gasteiger partial charge in [0.05, 0.1) is 0 Å². The second-order valence-corrected chi connectivity index (χ2v) is 4.36. The maximum Gasteiger partial charge on any atom is 0.329 e. The lowest BCUT2D eigenvalue weighted by Crippen LogP contribution is -2.56. The molecule has 0 bridgehead atoms. The van der Waals surface area contributed by atoms with Gasteiger partial charge >= 0.3 is 5.97 Å². The normalized spacial score (nSPS) is 22.9. The quantitative estimate of drug-likeness (QED) is 0.660. The van der Waals surface area contributed by atoms with Gasteiger partial charge < -0.3 is 10.0 Å². The lowest BCUT2D eigenvalue weighted by Gasteiger charge is -2.45. The maximum absolute atomic E-state index is 10.3. The summed E-state index contributed by atoms with van der Waals surface area (Å²) in [5, 5.41) is 8.50. The van der Waals surface area contributed by atoms with Gasteiger partial charge in [-0.05, 0) is 20.9 Å². The highest BCUT2D eigenvalue weighted by Gasteiger charge is 2.29. The lowest BCUT2D eigenvalue weighted by molar-refractivity contribution is -0.131. The molecule has 0 aromatic heterocycles. The average Bonchev–Trinajstić information content (AvgIpc) is 2.07. The van der Waals surface area contributed by atoms with Crippen LogP contribution in [0.15, 0.2) is 12.3 Å². The molecular weight excluding hydrogens is 180 g/mol. The van der Waals surface area contributed by atoms with Gasteiger partial charge in [-0.3, -0.25) is 4.90 Å². The number of carboxylic acids is 1. The highest BCUT2D eigenvalue weighted by molar-refractivity contribution is 5.79. The predicted octanol–water partition coefficient (Wildman–Crippen LogP) is 0.611. The van der Waals surface area contributed by atoms with Crippen molar-refractivity contribution in [1.82, 2.24) is 9.80 Å². The fourth-order valence-corrected chi connectivity index (χ4v) is 1.57. The van der Waals surface area contributed by atoms with Crippen LogP contribution in [-0.4, -0.2) is 53.1 Å². The van der Waals surface area contributed by atoms with Crippen LogP contribution in [0.2, 0.25) is 0 Å². The number of piperazine rings is 1. The third-order valence-electron chi connectivity index (χ3n) is 2.77. The van der Waals surface area contributed by atoms with Crippen LogP contribution in [0.25, 0.3) is 0 Å². The van der Waals surface area contributed by atoms with Gasteiger partial charge in [0.1, 0.15) is 0 Å². The number of carboxylic acid groups (broad SMARTS) is 1. The van der Waals surface area contributed by atoms with Crippen molar-refractivity contribution in [3.8, 4) is 0 Å². The summed E-state index contributed by atoms with van der Waals surface area (Å²) in [4.78, 5) is 14.7. The van der Waals surface area contributed by atoms with E-state index >= 15 is 0 Å². The fourth-order valence-electron chi connectivity index (χ4n) is 1.57. The fraction of sp³-hybridized carbons (Fsp3) is 0.700. The Bertz CT molecular complexity index is 249. The number of rotatable bonds is 2. The zero-order chi connectivity index (χ0) is 10.8. The molecule has 0 radical (unpaired) electrons. The highest BCUT2D eigenvalue weighted by Crippen LogP contribution is 2.18. The van der Waals surface area contributed by atoms with Gasteiger partial charge in [-0.2, -0.15) is 0 Å². The summed E-state index contributed by atoms with van der Waals surface area (Å²) >= 11 is 0. The maximum atomic E-state index is 10.3. The first-order valence-electron chi connectivity index (χ1n) is 4.78. The molecule has 1 aliphatic heterocycles. The minimum atomic E-state index is -0.887. The van der Waals surface area contributed by atoms with Crippen LogP contribution in [0.4, 0.5) is 0 Å². The predicted molar refractivity (Wildman–Crippen MR) is 55.1 cm³/mol. The van der Waals surface area contributed by atoms with Gasteiger partial charge in [0.15, 0.2) is 0 Å². The third-order valence-corrected chi connectivity index (χ3v) is 2.77. The van der Waals surface area contributed by atoms with Crippen LogP contribution in [-0.2, 0) is 4.79 Å². The molecule has 1 N–H and O–H groups in total. The Morgan fingerprint density at radius 3 is 2.57 bits per heavy atom. The smallest absolute Gasteiger partial charge is 0.329 e. The second kappa shape index (κ2) is 4.00. The van der Waals surface area contributed by atoms with Crippen LogP contribution in [0.1, 0.15) is 13.8 Å².